The third-order valence-electron chi connectivity index (χ3n) is 4.29. The molecule has 0 radical (unpaired) electrons. The molecule has 0 unspecified atom stereocenters. The molecule has 1 N–H and O–H groups in total. The summed E-state index contributed by atoms with van der Waals surface area (Å²) in [5.41, 5.74) is 4.12. The SMILES string of the molecule is CCOc1cc(CNc2ccc(C)cc2)c(Cl)cc1OCc1ccccc1Cl. The van der Waals surface area contributed by atoms with Crippen molar-refractivity contribution >= 4 is 28.9 Å². The monoisotopic (exact) mass is 415 g/mol. The van der Waals surface area contributed by atoms with Crippen LogP contribution in [0.1, 0.15) is 23.6 Å². The number of rotatable bonds is 8. The smallest absolute Gasteiger partial charge is 0.163 e. The Hall–Kier alpha value is -2.36. The van der Waals surface area contributed by atoms with Crippen LogP contribution in [0.5, 0.6) is 11.5 Å². The topological polar surface area (TPSA) is 30.5 Å². The standard InChI is InChI=1S/C23H23Cl2NO2/c1-3-27-22-12-18(14-26-19-10-8-16(2)9-11-19)21(25)13-23(22)28-15-17-6-4-5-7-20(17)24/h4-13,26H,3,14-15H2,1-2H3. The van der Waals surface area contributed by atoms with E-state index in [1.807, 2.05) is 49.4 Å². The number of halogens is 2. The Morgan fingerprint density at radius 2 is 1.54 bits per heavy atom. The molecule has 0 bridgehead atoms. The quantitative estimate of drug-likeness (QED) is 0.434. The Morgan fingerprint density at radius 1 is 0.821 bits per heavy atom. The van der Waals surface area contributed by atoms with Gasteiger partial charge in [-0.3, -0.25) is 0 Å². The van der Waals surface area contributed by atoms with Gasteiger partial charge in [-0.25, -0.2) is 0 Å². The number of hydrogen-bond donors (Lipinski definition) is 1. The van der Waals surface area contributed by atoms with Crippen molar-refractivity contribution in [2.24, 2.45) is 0 Å². The predicted molar refractivity (Wildman–Crippen MR) is 117 cm³/mol. The second-order valence-corrected chi connectivity index (χ2v) is 7.24. The van der Waals surface area contributed by atoms with E-state index in [1.165, 1.54) is 5.56 Å². The summed E-state index contributed by atoms with van der Waals surface area (Å²) in [6.07, 6.45) is 0. The molecule has 0 aliphatic rings. The Balaban J connectivity index is 1.75. The van der Waals surface area contributed by atoms with Gasteiger partial charge in [0.2, 0.25) is 0 Å². The molecule has 0 aromatic heterocycles. The number of benzene rings is 3. The molecule has 5 heteroatoms. The molecule has 3 aromatic carbocycles. The summed E-state index contributed by atoms with van der Waals surface area (Å²) < 4.78 is 11.7. The summed E-state index contributed by atoms with van der Waals surface area (Å²) in [6.45, 7) is 5.48. The minimum absolute atomic E-state index is 0.344. The van der Waals surface area contributed by atoms with Crippen molar-refractivity contribution in [3.8, 4) is 11.5 Å². The van der Waals surface area contributed by atoms with Crippen molar-refractivity contribution in [2.75, 3.05) is 11.9 Å². The van der Waals surface area contributed by atoms with Gasteiger partial charge in [-0.05, 0) is 43.7 Å². The summed E-state index contributed by atoms with van der Waals surface area (Å²) in [5, 5.41) is 4.68. The van der Waals surface area contributed by atoms with Gasteiger partial charge in [-0.1, -0.05) is 59.1 Å². The van der Waals surface area contributed by atoms with Crippen LogP contribution in [-0.2, 0) is 13.2 Å². The second-order valence-electron chi connectivity index (χ2n) is 6.42. The third kappa shape index (κ3) is 5.34. The van der Waals surface area contributed by atoms with Gasteiger partial charge in [0.25, 0.3) is 0 Å². The zero-order valence-electron chi connectivity index (χ0n) is 16.0. The predicted octanol–water partition coefficient (Wildman–Crippen LogP) is 6.89. The number of ether oxygens (including phenoxy) is 2. The van der Waals surface area contributed by atoms with E-state index >= 15 is 0 Å². The molecule has 0 amide bonds. The van der Waals surface area contributed by atoms with Crippen LogP contribution in [0.2, 0.25) is 10.0 Å². The van der Waals surface area contributed by atoms with E-state index in [0.29, 0.717) is 41.3 Å². The molecule has 0 spiro atoms. The summed E-state index contributed by atoms with van der Waals surface area (Å²) >= 11 is 12.7. The Bertz CT molecular complexity index is 926. The van der Waals surface area contributed by atoms with Crippen LogP contribution >= 0.6 is 23.2 Å². The van der Waals surface area contributed by atoms with Gasteiger partial charge in [0.15, 0.2) is 11.5 Å². The molecule has 3 rings (SSSR count). The molecular formula is C23H23Cl2NO2. The van der Waals surface area contributed by atoms with E-state index in [2.05, 4.69) is 24.4 Å². The first kappa shape index (κ1) is 20.4. The second kappa shape index (κ2) is 9.72. The van der Waals surface area contributed by atoms with E-state index in [0.717, 1.165) is 16.8 Å². The normalized spacial score (nSPS) is 10.6. The van der Waals surface area contributed by atoms with Crippen LogP contribution in [-0.4, -0.2) is 6.61 Å². The molecular weight excluding hydrogens is 393 g/mol. The maximum Gasteiger partial charge on any atom is 0.163 e. The lowest BCUT2D eigenvalue weighted by molar-refractivity contribution is 0.269. The number of aryl methyl sites for hydroxylation is 1. The lowest BCUT2D eigenvalue weighted by atomic mass is 10.1. The van der Waals surface area contributed by atoms with Crippen LogP contribution < -0.4 is 14.8 Å². The maximum atomic E-state index is 6.50. The molecule has 3 nitrogen and oxygen atoms in total. The molecule has 0 fully saturated rings. The summed E-state index contributed by atoms with van der Waals surface area (Å²) in [5.74, 6) is 1.27. The van der Waals surface area contributed by atoms with E-state index in [-0.39, 0.29) is 0 Å². The molecule has 0 atom stereocenters. The first-order chi connectivity index (χ1) is 13.6. The Kier molecular flexibility index (Phi) is 7.07. The Morgan fingerprint density at radius 3 is 2.25 bits per heavy atom. The fraction of sp³-hybridized carbons (Fsp3) is 0.217. The largest absolute Gasteiger partial charge is 0.490 e. The van der Waals surface area contributed by atoms with Gasteiger partial charge in [0, 0.05) is 33.9 Å². The van der Waals surface area contributed by atoms with Crippen molar-refractivity contribution in [3.63, 3.8) is 0 Å². The van der Waals surface area contributed by atoms with Crippen molar-refractivity contribution in [1.29, 1.82) is 0 Å². The van der Waals surface area contributed by atoms with Gasteiger partial charge < -0.3 is 14.8 Å². The molecule has 0 saturated carbocycles. The highest BCUT2D eigenvalue weighted by atomic mass is 35.5. The first-order valence-electron chi connectivity index (χ1n) is 9.18. The lowest BCUT2D eigenvalue weighted by Crippen LogP contribution is -2.04. The van der Waals surface area contributed by atoms with Gasteiger partial charge >= 0.3 is 0 Å². The van der Waals surface area contributed by atoms with E-state index < -0.39 is 0 Å². The lowest BCUT2D eigenvalue weighted by Gasteiger charge is -2.16. The molecule has 3 aromatic rings. The van der Waals surface area contributed by atoms with E-state index in [9.17, 15) is 0 Å². The molecule has 28 heavy (non-hydrogen) atoms. The van der Waals surface area contributed by atoms with Gasteiger partial charge in [0.1, 0.15) is 6.61 Å². The third-order valence-corrected chi connectivity index (χ3v) is 5.01. The zero-order valence-corrected chi connectivity index (χ0v) is 17.5. The van der Waals surface area contributed by atoms with Gasteiger partial charge in [-0.2, -0.15) is 0 Å². The Labute approximate surface area is 176 Å². The van der Waals surface area contributed by atoms with Gasteiger partial charge in [-0.15, -0.1) is 0 Å². The zero-order chi connectivity index (χ0) is 19.9. The van der Waals surface area contributed by atoms with Crippen LogP contribution in [0.3, 0.4) is 0 Å². The highest BCUT2D eigenvalue weighted by molar-refractivity contribution is 6.31. The first-order valence-corrected chi connectivity index (χ1v) is 9.94. The van der Waals surface area contributed by atoms with Crippen LogP contribution in [0.4, 0.5) is 5.69 Å². The van der Waals surface area contributed by atoms with Crippen molar-refractivity contribution in [3.05, 3.63) is 87.4 Å². The average molecular weight is 416 g/mol. The van der Waals surface area contributed by atoms with E-state index in [1.54, 1.807) is 6.07 Å². The molecule has 0 saturated heterocycles. The average Bonchev–Trinajstić information content (AvgIpc) is 2.69. The van der Waals surface area contributed by atoms with Crippen LogP contribution in [0, 0.1) is 6.92 Å². The molecule has 0 aliphatic carbocycles. The fourth-order valence-corrected chi connectivity index (χ4v) is 3.14. The van der Waals surface area contributed by atoms with E-state index in [4.69, 9.17) is 32.7 Å². The number of hydrogen-bond acceptors (Lipinski definition) is 3. The van der Waals surface area contributed by atoms with Crippen molar-refractivity contribution in [1.82, 2.24) is 0 Å². The van der Waals surface area contributed by atoms with Crippen molar-refractivity contribution in [2.45, 2.75) is 27.0 Å². The number of nitrogens with one attached hydrogen (secondary N) is 1. The number of anilines is 1. The maximum absolute atomic E-state index is 6.50. The summed E-state index contributed by atoms with van der Waals surface area (Å²) in [6, 6.07) is 19.6. The molecule has 146 valence electrons. The minimum Gasteiger partial charge on any atom is -0.490 e. The van der Waals surface area contributed by atoms with Crippen molar-refractivity contribution < 1.29 is 9.47 Å². The minimum atomic E-state index is 0.344. The van der Waals surface area contributed by atoms with Crippen LogP contribution in [0.25, 0.3) is 0 Å². The highest BCUT2D eigenvalue weighted by Gasteiger charge is 2.12. The fourth-order valence-electron chi connectivity index (χ4n) is 2.73. The summed E-state index contributed by atoms with van der Waals surface area (Å²) in [7, 11) is 0. The van der Waals surface area contributed by atoms with Crippen LogP contribution in [0.15, 0.2) is 60.7 Å². The molecule has 0 aliphatic heterocycles. The summed E-state index contributed by atoms with van der Waals surface area (Å²) in [4.78, 5) is 0. The van der Waals surface area contributed by atoms with Gasteiger partial charge in [0.05, 0.1) is 6.61 Å². The molecule has 0 heterocycles. The highest BCUT2D eigenvalue weighted by Crippen LogP contribution is 2.35.